The Balaban J connectivity index is 3.09. The van der Waals surface area contributed by atoms with Crippen LogP contribution in [0.1, 0.15) is 0 Å². The lowest BCUT2D eigenvalue weighted by Gasteiger charge is -2.02. The van der Waals surface area contributed by atoms with Crippen LogP contribution in [0.4, 0.5) is 5.82 Å². The number of hydrogen-bond donors (Lipinski definition) is 3. The van der Waals surface area contributed by atoms with E-state index < -0.39 is 7.12 Å². The van der Waals surface area contributed by atoms with Crippen molar-refractivity contribution in [3.8, 4) is 0 Å². The molecule has 58 valence electrons. The number of anilines is 1. The van der Waals surface area contributed by atoms with Crippen LogP contribution in [0.25, 0.3) is 0 Å². The average molecular weight is 264 g/mol. The summed E-state index contributed by atoms with van der Waals surface area (Å²) in [6.07, 6.45) is 0. The molecule has 4 nitrogen and oxygen atoms in total. The molecule has 0 amide bonds. The molecule has 1 aromatic rings. The quantitative estimate of drug-likeness (QED) is 0.343. The Morgan fingerprint density at radius 3 is 2.55 bits per heavy atom. The van der Waals surface area contributed by atoms with Crippen LogP contribution < -0.4 is 11.2 Å². The Labute approximate surface area is 77.7 Å². The second kappa shape index (κ2) is 3.37. The van der Waals surface area contributed by atoms with E-state index >= 15 is 0 Å². The van der Waals surface area contributed by atoms with Crippen LogP contribution in [-0.4, -0.2) is 22.2 Å². The predicted octanol–water partition coefficient (Wildman–Crippen LogP) is -1.05. The molecule has 0 spiro atoms. The lowest BCUT2D eigenvalue weighted by atomic mass is 9.81. The van der Waals surface area contributed by atoms with Gasteiger partial charge in [-0.1, -0.05) is 6.07 Å². The maximum atomic E-state index is 8.73. The molecule has 4 N–H and O–H groups in total. The highest BCUT2D eigenvalue weighted by Crippen LogP contribution is 2.01. The highest BCUT2D eigenvalue weighted by Gasteiger charge is 2.14. The molecule has 1 aromatic heterocycles. The average Bonchev–Trinajstić information content (AvgIpc) is 1.85. The van der Waals surface area contributed by atoms with E-state index in [9.17, 15) is 0 Å². The Morgan fingerprint density at radius 2 is 2.09 bits per heavy atom. The van der Waals surface area contributed by atoms with Crippen molar-refractivity contribution < 1.29 is 10.0 Å². The normalized spacial score (nSPS) is 9.73. The maximum absolute atomic E-state index is 8.73. The number of pyridine rings is 1. The van der Waals surface area contributed by atoms with Gasteiger partial charge in [-0.2, -0.15) is 0 Å². The monoisotopic (exact) mass is 264 g/mol. The van der Waals surface area contributed by atoms with Crippen molar-refractivity contribution in [2.75, 3.05) is 5.73 Å². The summed E-state index contributed by atoms with van der Waals surface area (Å²) in [7, 11) is -1.54. The Bertz CT molecular complexity index is 269. The fourth-order valence-corrected chi connectivity index (χ4v) is 1.12. The van der Waals surface area contributed by atoms with Gasteiger partial charge in [-0.25, -0.2) is 4.98 Å². The zero-order chi connectivity index (χ0) is 8.43. The SMILES string of the molecule is Nc1nc(I)ccc1B(O)O. The summed E-state index contributed by atoms with van der Waals surface area (Å²) in [4.78, 5) is 3.84. The predicted molar refractivity (Wildman–Crippen MR) is 51.2 cm³/mol. The standard InChI is InChI=1S/C5H6BIN2O2/c7-4-2-1-3(6(10)11)5(8)9-4/h1-2,10-11H,(H2,8,9). The lowest BCUT2D eigenvalue weighted by molar-refractivity contribution is 0.426. The molecular formula is C5H6BIN2O2. The van der Waals surface area contributed by atoms with E-state index in [1.807, 2.05) is 22.6 Å². The topological polar surface area (TPSA) is 79.4 Å². The number of nitrogens with zero attached hydrogens (tertiary/aromatic N) is 1. The Morgan fingerprint density at radius 1 is 1.45 bits per heavy atom. The van der Waals surface area contributed by atoms with Gasteiger partial charge in [0, 0.05) is 5.46 Å². The zero-order valence-corrected chi connectivity index (χ0v) is 7.69. The number of halogens is 1. The zero-order valence-electron chi connectivity index (χ0n) is 5.53. The number of aromatic nitrogens is 1. The van der Waals surface area contributed by atoms with Gasteiger partial charge < -0.3 is 15.8 Å². The smallest absolute Gasteiger partial charge is 0.423 e. The summed E-state index contributed by atoms with van der Waals surface area (Å²) >= 11 is 1.99. The fraction of sp³-hybridized carbons (Fsp3) is 0. The molecule has 0 unspecified atom stereocenters. The first-order valence-corrected chi connectivity index (χ1v) is 3.97. The molecule has 1 heterocycles. The summed E-state index contributed by atoms with van der Waals surface area (Å²) in [5.41, 5.74) is 5.63. The van der Waals surface area contributed by atoms with E-state index in [0.29, 0.717) is 0 Å². The van der Waals surface area contributed by atoms with Crippen LogP contribution in [0.15, 0.2) is 12.1 Å². The second-order valence-electron chi connectivity index (χ2n) is 1.98. The highest BCUT2D eigenvalue weighted by molar-refractivity contribution is 14.1. The van der Waals surface area contributed by atoms with Crippen LogP contribution in [0.2, 0.25) is 0 Å². The molecule has 0 bridgehead atoms. The highest BCUT2D eigenvalue weighted by atomic mass is 127. The minimum atomic E-state index is -1.54. The van der Waals surface area contributed by atoms with Crippen molar-refractivity contribution in [1.29, 1.82) is 0 Å². The van der Waals surface area contributed by atoms with Crippen molar-refractivity contribution in [3.05, 3.63) is 15.8 Å². The molecule has 0 aliphatic rings. The van der Waals surface area contributed by atoms with Crippen LogP contribution in [-0.2, 0) is 0 Å². The van der Waals surface area contributed by atoms with Gasteiger partial charge in [-0.05, 0) is 28.7 Å². The third kappa shape index (κ3) is 2.04. The van der Waals surface area contributed by atoms with Crippen molar-refractivity contribution in [2.24, 2.45) is 0 Å². The first-order valence-electron chi connectivity index (χ1n) is 2.89. The van der Waals surface area contributed by atoms with Gasteiger partial charge >= 0.3 is 7.12 Å². The molecule has 0 aliphatic carbocycles. The van der Waals surface area contributed by atoms with Gasteiger partial charge in [-0.15, -0.1) is 0 Å². The maximum Gasteiger partial charge on any atom is 0.492 e. The molecule has 6 heteroatoms. The summed E-state index contributed by atoms with van der Waals surface area (Å²) in [6.45, 7) is 0. The molecule has 0 saturated carbocycles. The minimum Gasteiger partial charge on any atom is -0.423 e. The van der Waals surface area contributed by atoms with E-state index in [1.54, 1.807) is 6.07 Å². The van der Waals surface area contributed by atoms with Gasteiger partial charge in [0.05, 0.1) is 0 Å². The van der Waals surface area contributed by atoms with Crippen molar-refractivity contribution in [3.63, 3.8) is 0 Å². The molecule has 11 heavy (non-hydrogen) atoms. The first-order chi connectivity index (χ1) is 5.11. The van der Waals surface area contributed by atoms with Gasteiger partial charge in [0.15, 0.2) is 0 Å². The molecule has 0 saturated heterocycles. The van der Waals surface area contributed by atoms with Gasteiger partial charge in [0.2, 0.25) is 0 Å². The van der Waals surface area contributed by atoms with E-state index in [-0.39, 0.29) is 11.3 Å². The lowest BCUT2D eigenvalue weighted by Crippen LogP contribution is -2.33. The molecule has 0 aliphatic heterocycles. The summed E-state index contributed by atoms with van der Waals surface area (Å²) in [6, 6.07) is 3.19. The van der Waals surface area contributed by atoms with Crippen LogP contribution >= 0.6 is 22.6 Å². The number of nitrogens with two attached hydrogens (primary N) is 1. The summed E-state index contributed by atoms with van der Waals surface area (Å²) < 4.78 is 0.726. The van der Waals surface area contributed by atoms with E-state index in [1.165, 1.54) is 6.07 Å². The largest absolute Gasteiger partial charge is 0.492 e. The molecular weight excluding hydrogens is 258 g/mol. The van der Waals surface area contributed by atoms with Crippen molar-refractivity contribution >= 4 is 41.0 Å². The van der Waals surface area contributed by atoms with Crippen LogP contribution in [0, 0.1) is 3.70 Å². The van der Waals surface area contributed by atoms with Gasteiger partial charge in [-0.3, -0.25) is 0 Å². The molecule has 0 radical (unpaired) electrons. The molecule has 1 rings (SSSR count). The minimum absolute atomic E-state index is 0.159. The number of hydrogen-bond acceptors (Lipinski definition) is 4. The Hall–Kier alpha value is -0.335. The summed E-state index contributed by atoms with van der Waals surface area (Å²) in [5.74, 6) is 0.159. The van der Waals surface area contributed by atoms with E-state index in [0.717, 1.165) is 3.70 Å². The van der Waals surface area contributed by atoms with E-state index in [4.69, 9.17) is 15.8 Å². The third-order valence-electron chi connectivity index (χ3n) is 1.20. The van der Waals surface area contributed by atoms with Crippen molar-refractivity contribution in [1.82, 2.24) is 4.98 Å². The van der Waals surface area contributed by atoms with Gasteiger partial charge in [0.1, 0.15) is 9.52 Å². The van der Waals surface area contributed by atoms with Gasteiger partial charge in [0.25, 0.3) is 0 Å². The molecule has 0 aromatic carbocycles. The molecule has 0 atom stereocenters. The van der Waals surface area contributed by atoms with Crippen molar-refractivity contribution in [2.45, 2.75) is 0 Å². The van der Waals surface area contributed by atoms with Crippen LogP contribution in [0.3, 0.4) is 0 Å². The van der Waals surface area contributed by atoms with E-state index in [2.05, 4.69) is 4.98 Å². The third-order valence-corrected chi connectivity index (χ3v) is 1.80. The number of nitrogen functional groups attached to an aromatic ring is 1. The number of rotatable bonds is 1. The molecule has 0 fully saturated rings. The second-order valence-corrected chi connectivity index (χ2v) is 3.09. The Kier molecular flexibility index (Phi) is 2.69. The fourth-order valence-electron chi connectivity index (χ4n) is 0.679. The van der Waals surface area contributed by atoms with Crippen LogP contribution in [0.5, 0.6) is 0 Å². The summed E-state index contributed by atoms with van der Waals surface area (Å²) in [5, 5.41) is 17.5. The first kappa shape index (κ1) is 8.76.